The fourth-order valence-corrected chi connectivity index (χ4v) is 3.89. The smallest absolute Gasteiger partial charge is 0.269 e. The molecule has 0 atom stereocenters. The number of carbonyl (C=O) groups excluding carboxylic acids is 1. The molecule has 1 fully saturated rings. The van der Waals surface area contributed by atoms with Crippen molar-refractivity contribution in [2.75, 3.05) is 19.6 Å². The van der Waals surface area contributed by atoms with E-state index in [9.17, 15) is 4.79 Å². The van der Waals surface area contributed by atoms with E-state index >= 15 is 0 Å². The van der Waals surface area contributed by atoms with Gasteiger partial charge in [0.15, 0.2) is 0 Å². The molecular formula is C25H26ClN3O. The highest BCUT2D eigenvalue weighted by Gasteiger charge is 2.11. The number of benzene rings is 2. The second-order valence-electron chi connectivity index (χ2n) is 7.74. The van der Waals surface area contributed by atoms with E-state index in [0.29, 0.717) is 17.3 Å². The molecule has 154 valence electrons. The molecule has 0 radical (unpaired) electrons. The fraction of sp³-hybridized carbons (Fsp3) is 0.280. The van der Waals surface area contributed by atoms with Crippen LogP contribution in [0.5, 0.6) is 0 Å². The number of halogens is 1. The third-order valence-electron chi connectivity index (χ3n) is 5.50. The Hall–Kier alpha value is -2.69. The van der Waals surface area contributed by atoms with E-state index in [-0.39, 0.29) is 5.91 Å². The molecule has 30 heavy (non-hydrogen) atoms. The summed E-state index contributed by atoms with van der Waals surface area (Å²) in [5, 5.41) is 3.66. The third-order valence-corrected chi connectivity index (χ3v) is 5.75. The van der Waals surface area contributed by atoms with Gasteiger partial charge in [-0.25, -0.2) is 0 Å². The van der Waals surface area contributed by atoms with Crippen LogP contribution < -0.4 is 5.32 Å². The van der Waals surface area contributed by atoms with Gasteiger partial charge in [0.05, 0.1) is 0 Å². The summed E-state index contributed by atoms with van der Waals surface area (Å²) in [7, 11) is 0. The number of pyridine rings is 1. The summed E-state index contributed by atoms with van der Waals surface area (Å²) in [6.45, 7) is 4.05. The normalized spacial score (nSPS) is 14.0. The first-order chi connectivity index (χ1) is 14.7. The zero-order valence-electron chi connectivity index (χ0n) is 17.0. The molecule has 1 aliphatic rings. The highest BCUT2D eigenvalue weighted by atomic mass is 35.5. The first-order valence-corrected chi connectivity index (χ1v) is 10.9. The van der Waals surface area contributed by atoms with Crippen LogP contribution >= 0.6 is 11.6 Å². The van der Waals surface area contributed by atoms with Crippen molar-refractivity contribution in [3.8, 4) is 11.1 Å². The van der Waals surface area contributed by atoms with Crippen LogP contribution in [0.2, 0.25) is 5.02 Å². The van der Waals surface area contributed by atoms with E-state index in [0.717, 1.165) is 24.1 Å². The van der Waals surface area contributed by atoms with Crippen molar-refractivity contribution in [3.05, 3.63) is 88.7 Å². The number of aromatic nitrogens is 1. The number of amides is 1. The average molecular weight is 420 g/mol. The van der Waals surface area contributed by atoms with Gasteiger partial charge in [0.2, 0.25) is 0 Å². The summed E-state index contributed by atoms with van der Waals surface area (Å²) in [4.78, 5) is 19.2. The molecule has 1 saturated heterocycles. The van der Waals surface area contributed by atoms with E-state index < -0.39 is 0 Å². The van der Waals surface area contributed by atoms with E-state index in [1.165, 1.54) is 37.1 Å². The molecule has 1 aromatic heterocycles. The van der Waals surface area contributed by atoms with Crippen LogP contribution in [-0.4, -0.2) is 35.4 Å². The molecule has 2 heterocycles. The first kappa shape index (κ1) is 20.6. The Bertz CT molecular complexity index is 963. The molecule has 0 unspecified atom stereocenters. The quantitative estimate of drug-likeness (QED) is 0.588. The third kappa shape index (κ3) is 5.47. The maximum absolute atomic E-state index is 12.4. The number of carbonyl (C=O) groups is 1. The summed E-state index contributed by atoms with van der Waals surface area (Å²) < 4.78 is 0. The Kier molecular flexibility index (Phi) is 6.77. The van der Waals surface area contributed by atoms with Gasteiger partial charge >= 0.3 is 0 Å². The molecule has 0 spiro atoms. The summed E-state index contributed by atoms with van der Waals surface area (Å²) in [6, 6.07) is 20.0. The second-order valence-corrected chi connectivity index (χ2v) is 8.18. The zero-order valence-corrected chi connectivity index (χ0v) is 17.7. The summed E-state index contributed by atoms with van der Waals surface area (Å²) in [6.07, 6.45) is 5.16. The van der Waals surface area contributed by atoms with Crippen LogP contribution in [0.4, 0.5) is 0 Å². The predicted molar refractivity (Wildman–Crippen MR) is 122 cm³/mol. The molecule has 0 saturated carbocycles. The van der Waals surface area contributed by atoms with Gasteiger partial charge in [-0.3, -0.25) is 14.7 Å². The molecule has 3 aromatic rings. The largest absolute Gasteiger partial charge is 0.350 e. The van der Waals surface area contributed by atoms with E-state index in [2.05, 4.69) is 39.5 Å². The van der Waals surface area contributed by atoms with E-state index in [1.807, 2.05) is 30.3 Å². The summed E-state index contributed by atoms with van der Waals surface area (Å²) in [5.74, 6) is -0.150. The second kappa shape index (κ2) is 9.88. The van der Waals surface area contributed by atoms with Crippen LogP contribution in [0.15, 0.2) is 66.9 Å². The van der Waals surface area contributed by atoms with Crippen molar-refractivity contribution in [1.29, 1.82) is 0 Å². The van der Waals surface area contributed by atoms with Crippen molar-refractivity contribution < 1.29 is 4.79 Å². The zero-order chi connectivity index (χ0) is 20.8. The Balaban J connectivity index is 1.25. The van der Waals surface area contributed by atoms with Crippen LogP contribution in [0.1, 0.15) is 34.5 Å². The lowest BCUT2D eigenvalue weighted by Gasteiger charge is -2.14. The van der Waals surface area contributed by atoms with Crippen LogP contribution in [0.25, 0.3) is 11.1 Å². The van der Waals surface area contributed by atoms with Crippen LogP contribution in [-0.2, 0) is 13.0 Å². The topological polar surface area (TPSA) is 45.2 Å². The Morgan fingerprint density at radius 2 is 1.57 bits per heavy atom. The van der Waals surface area contributed by atoms with Crippen LogP contribution in [0, 0.1) is 0 Å². The van der Waals surface area contributed by atoms with Crippen molar-refractivity contribution in [2.45, 2.75) is 25.8 Å². The minimum Gasteiger partial charge on any atom is -0.350 e. The van der Waals surface area contributed by atoms with Gasteiger partial charge in [-0.1, -0.05) is 54.1 Å². The highest BCUT2D eigenvalue weighted by Crippen LogP contribution is 2.21. The molecule has 0 bridgehead atoms. The fourth-order valence-electron chi connectivity index (χ4n) is 3.76. The van der Waals surface area contributed by atoms with Gasteiger partial charge in [0.25, 0.3) is 5.91 Å². The van der Waals surface area contributed by atoms with Gasteiger partial charge in [-0.05, 0) is 67.2 Å². The van der Waals surface area contributed by atoms with Gasteiger partial charge in [-0.15, -0.1) is 0 Å². The number of rotatable bonds is 7. The number of nitrogens with zero attached hydrogens (tertiary/aromatic N) is 2. The Labute approximate surface area is 182 Å². The van der Waals surface area contributed by atoms with Crippen LogP contribution in [0.3, 0.4) is 0 Å². The lowest BCUT2D eigenvalue weighted by molar-refractivity contribution is 0.0949. The minimum atomic E-state index is -0.150. The Morgan fingerprint density at radius 1 is 0.900 bits per heavy atom. The van der Waals surface area contributed by atoms with Gasteiger partial charge in [0.1, 0.15) is 5.69 Å². The van der Waals surface area contributed by atoms with Gasteiger partial charge in [-0.2, -0.15) is 0 Å². The van der Waals surface area contributed by atoms with Gasteiger partial charge < -0.3 is 5.32 Å². The van der Waals surface area contributed by atoms with E-state index in [4.69, 9.17) is 11.6 Å². The molecule has 4 nitrogen and oxygen atoms in total. The molecular weight excluding hydrogens is 394 g/mol. The van der Waals surface area contributed by atoms with Crippen molar-refractivity contribution in [1.82, 2.24) is 15.2 Å². The molecule has 1 N–H and O–H groups in total. The molecule has 0 aliphatic carbocycles. The predicted octanol–water partition coefficient (Wildman–Crippen LogP) is 4.97. The maximum Gasteiger partial charge on any atom is 0.269 e. The number of hydrogen-bond donors (Lipinski definition) is 1. The molecule has 4 rings (SSSR count). The molecule has 1 amide bonds. The maximum atomic E-state index is 12.4. The Morgan fingerprint density at radius 3 is 2.23 bits per heavy atom. The summed E-state index contributed by atoms with van der Waals surface area (Å²) in [5.41, 5.74) is 4.99. The minimum absolute atomic E-state index is 0.150. The van der Waals surface area contributed by atoms with Crippen molar-refractivity contribution in [3.63, 3.8) is 0 Å². The number of nitrogens with one attached hydrogen (secondary N) is 1. The SMILES string of the molecule is O=C(NCCc1ccc(CN2CCCC2)cc1)c1ccc(-c2ccc(Cl)cc2)cn1. The number of hydrogen-bond acceptors (Lipinski definition) is 3. The highest BCUT2D eigenvalue weighted by molar-refractivity contribution is 6.30. The van der Waals surface area contributed by atoms with Gasteiger partial charge in [0, 0.05) is 29.9 Å². The standard InChI is InChI=1S/C25H26ClN3O/c26-23-10-7-21(8-11-23)22-9-12-24(28-17-22)25(30)27-14-13-19-3-5-20(6-4-19)18-29-15-1-2-16-29/h3-12,17H,1-2,13-16,18H2,(H,27,30). The molecule has 5 heteroatoms. The lowest BCUT2D eigenvalue weighted by Crippen LogP contribution is -2.26. The first-order valence-electron chi connectivity index (χ1n) is 10.5. The summed E-state index contributed by atoms with van der Waals surface area (Å²) >= 11 is 5.93. The monoisotopic (exact) mass is 419 g/mol. The number of likely N-dealkylation sites (tertiary alicyclic amines) is 1. The molecule has 2 aromatic carbocycles. The average Bonchev–Trinajstić information content (AvgIpc) is 3.29. The van der Waals surface area contributed by atoms with E-state index in [1.54, 1.807) is 12.3 Å². The van der Waals surface area contributed by atoms with Crippen molar-refractivity contribution >= 4 is 17.5 Å². The lowest BCUT2D eigenvalue weighted by atomic mass is 10.1. The molecule has 1 aliphatic heterocycles. The van der Waals surface area contributed by atoms with Crippen molar-refractivity contribution in [2.24, 2.45) is 0 Å².